The van der Waals surface area contributed by atoms with Crippen molar-refractivity contribution in [2.45, 2.75) is 44.9 Å². The smallest absolute Gasteiger partial charge is 0.251 e. The van der Waals surface area contributed by atoms with E-state index in [-0.39, 0.29) is 11.3 Å². The van der Waals surface area contributed by atoms with Gasteiger partial charge in [-0.15, -0.1) is 11.6 Å². The van der Waals surface area contributed by atoms with Crippen LogP contribution in [0.3, 0.4) is 0 Å². The Labute approximate surface area is 115 Å². The summed E-state index contributed by atoms with van der Waals surface area (Å²) in [6.45, 7) is 6.93. The zero-order valence-electron chi connectivity index (χ0n) is 11.4. The highest BCUT2D eigenvalue weighted by atomic mass is 35.5. The summed E-state index contributed by atoms with van der Waals surface area (Å²) in [6, 6.07) is 7.80. The van der Waals surface area contributed by atoms with Gasteiger partial charge in [0.2, 0.25) is 0 Å². The van der Waals surface area contributed by atoms with Crippen molar-refractivity contribution in [3.8, 4) is 0 Å². The number of halogens is 1. The van der Waals surface area contributed by atoms with Crippen molar-refractivity contribution in [2.24, 2.45) is 0 Å². The first-order chi connectivity index (χ1) is 8.50. The van der Waals surface area contributed by atoms with Crippen LogP contribution in [-0.2, 0) is 0 Å². The molecule has 3 heteroatoms. The number of hydrogen-bond donors (Lipinski definition) is 1. The minimum absolute atomic E-state index is 0.00692. The molecule has 1 N–H and O–H groups in total. The van der Waals surface area contributed by atoms with Crippen molar-refractivity contribution in [3.63, 3.8) is 0 Å². The highest BCUT2D eigenvalue weighted by Crippen LogP contribution is 2.14. The molecule has 2 nitrogen and oxygen atoms in total. The normalized spacial score (nSPS) is 12.5. The predicted octanol–water partition coefficient (Wildman–Crippen LogP) is 3.95. The molecule has 18 heavy (non-hydrogen) atoms. The van der Waals surface area contributed by atoms with Crippen LogP contribution in [0.2, 0.25) is 0 Å². The Morgan fingerprint density at radius 3 is 2.33 bits per heavy atom. The fourth-order valence-electron chi connectivity index (χ4n) is 1.71. The fourth-order valence-corrected chi connectivity index (χ4v) is 1.86. The first-order valence-corrected chi connectivity index (χ1v) is 6.96. The summed E-state index contributed by atoms with van der Waals surface area (Å²) < 4.78 is 0. The maximum atomic E-state index is 11.8. The topological polar surface area (TPSA) is 29.1 Å². The minimum atomic E-state index is -0.00692. The largest absolute Gasteiger partial charge is 0.352 e. The Balaban J connectivity index is 2.42. The Kier molecular flexibility index (Phi) is 6.20. The molecule has 0 radical (unpaired) electrons. The molecular weight excluding hydrogens is 246 g/mol. The molecule has 1 unspecified atom stereocenters. The van der Waals surface area contributed by atoms with Gasteiger partial charge in [-0.1, -0.05) is 26.0 Å². The molecule has 0 saturated carbocycles. The third-order valence-corrected chi connectivity index (χ3v) is 3.12. The Morgan fingerprint density at radius 2 is 1.83 bits per heavy atom. The van der Waals surface area contributed by atoms with Crippen LogP contribution in [0.25, 0.3) is 0 Å². The number of carbonyl (C=O) groups excluding carboxylic acids is 1. The van der Waals surface area contributed by atoms with Crippen molar-refractivity contribution >= 4 is 17.5 Å². The first kappa shape index (κ1) is 15.0. The average Bonchev–Trinajstić information content (AvgIpc) is 2.34. The number of nitrogens with one attached hydrogen (secondary N) is 1. The van der Waals surface area contributed by atoms with Gasteiger partial charge in [-0.3, -0.25) is 4.79 Å². The predicted molar refractivity (Wildman–Crippen MR) is 77.4 cm³/mol. The zero-order chi connectivity index (χ0) is 13.5. The molecule has 1 aromatic rings. The quantitative estimate of drug-likeness (QED) is 0.614. The van der Waals surface area contributed by atoms with E-state index in [1.807, 2.05) is 31.2 Å². The van der Waals surface area contributed by atoms with Crippen LogP contribution in [0, 0.1) is 0 Å². The van der Waals surface area contributed by atoms with E-state index in [0.717, 1.165) is 18.4 Å². The van der Waals surface area contributed by atoms with Crippen molar-refractivity contribution in [1.82, 2.24) is 5.32 Å². The number of alkyl halides is 1. The maximum absolute atomic E-state index is 11.8. The lowest BCUT2D eigenvalue weighted by Crippen LogP contribution is -2.24. The van der Waals surface area contributed by atoms with Crippen molar-refractivity contribution in [1.29, 1.82) is 0 Å². The standard InChI is InChI=1S/C15H22ClNO/c1-11(2)13-6-8-14(9-7-13)15(18)17-10-4-5-12(3)16/h6-9,11-12H,4-5,10H2,1-3H3,(H,17,18). The van der Waals surface area contributed by atoms with Crippen LogP contribution in [0.15, 0.2) is 24.3 Å². The van der Waals surface area contributed by atoms with Crippen LogP contribution >= 0.6 is 11.6 Å². The molecule has 1 aromatic carbocycles. The molecule has 1 amide bonds. The Hall–Kier alpha value is -1.02. The molecule has 0 spiro atoms. The summed E-state index contributed by atoms with van der Waals surface area (Å²) in [7, 11) is 0. The van der Waals surface area contributed by atoms with E-state index < -0.39 is 0 Å². The number of hydrogen-bond acceptors (Lipinski definition) is 1. The van der Waals surface area contributed by atoms with E-state index >= 15 is 0 Å². The molecule has 0 aromatic heterocycles. The first-order valence-electron chi connectivity index (χ1n) is 6.53. The number of carbonyl (C=O) groups is 1. The van der Waals surface area contributed by atoms with Crippen LogP contribution < -0.4 is 5.32 Å². The van der Waals surface area contributed by atoms with E-state index in [1.165, 1.54) is 5.56 Å². The van der Waals surface area contributed by atoms with Crippen molar-refractivity contribution < 1.29 is 4.79 Å². The highest BCUT2D eigenvalue weighted by Gasteiger charge is 2.06. The third-order valence-electron chi connectivity index (χ3n) is 2.90. The summed E-state index contributed by atoms with van der Waals surface area (Å²) in [5.41, 5.74) is 1.97. The van der Waals surface area contributed by atoms with Crippen LogP contribution in [0.5, 0.6) is 0 Å². The second-order valence-electron chi connectivity index (χ2n) is 4.96. The van der Waals surface area contributed by atoms with Gasteiger partial charge in [0.1, 0.15) is 0 Å². The van der Waals surface area contributed by atoms with Gasteiger partial charge in [-0.25, -0.2) is 0 Å². The van der Waals surface area contributed by atoms with E-state index in [4.69, 9.17) is 11.6 Å². The van der Waals surface area contributed by atoms with Crippen molar-refractivity contribution in [2.75, 3.05) is 6.54 Å². The van der Waals surface area contributed by atoms with Gasteiger partial charge in [-0.2, -0.15) is 0 Å². The molecule has 0 aliphatic heterocycles. The van der Waals surface area contributed by atoms with Gasteiger partial charge < -0.3 is 5.32 Å². The van der Waals surface area contributed by atoms with Gasteiger partial charge >= 0.3 is 0 Å². The summed E-state index contributed by atoms with van der Waals surface area (Å²) in [6.07, 6.45) is 1.84. The van der Waals surface area contributed by atoms with E-state index in [1.54, 1.807) is 0 Å². The lowest BCUT2D eigenvalue weighted by molar-refractivity contribution is 0.0953. The molecule has 100 valence electrons. The summed E-state index contributed by atoms with van der Waals surface area (Å²) in [5, 5.41) is 3.08. The molecule has 0 fully saturated rings. The number of benzene rings is 1. The zero-order valence-corrected chi connectivity index (χ0v) is 12.1. The van der Waals surface area contributed by atoms with E-state index in [0.29, 0.717) is 12.5 Å². The molecule has 1 rings (SSSR count). The number of amides is 1. The van der Waals surface area contributed by atoms with E-state index in [2.05, 4.69) is 19.2 Å². The van der Waals surface area contributed by atoms with Gasteiger partial charge in [0, 0.05) is 17.5 Å². The fraction of sp³-hybridized carbons (Fsp3) is 0.533. The molecule has 0 saturated heterocycles. The van der Waals surface area contributed by atoms with Crippen LogP contribution in [0.1, 0.15) is 55.5 Å². The summed E-state index contributed by atoms with van der Waals surface area (Å²) in [4.78, 5) is 11.8. The Morgan fingerprint density at radius 1 is 1.22 bits per heavy atom. The van der Waals surface area contributed by atoms with Gasteiger partial charge in [0.05, 0.1) is 0 Å². The number of rotatable bonds is 6. The van der Waals surface area contributed by atoms with Gasteiger partial charge in [0.15, 0.2) is 0 Å². The van der Waals surface area contributed by atoms with Gasteiger partial charge in [0.25, 0.3) is 5.91 Å². The average molecular weight is 268 g/mol. The Bertz CT molecular complexity index is 371. The molecule has 0 aliphatic rings. The SMILES string of the molecule is CC(Cl)CCCNC(=O)c1ccc(C(C)C)cc1. The second kappa shape index (κ2) is 7.42. The summed E-state index contributed by atoms with van der Waals surface area (Å²) in [5.74, 6) is 0.486. The monoisotopic (exact) mass is 267 g/mol. The van der Waals surface area contributed by atoms with Crippen LogP contribution in [0.4, 0.5) is 0 Å². The molecule has 1 atom stereocenters. The van der Waals surface area contributed by atoms with Crippen molar-refractivity contribution in [3.05, 3.63) is 35.4 Å². The van der Waals surface area contributed by atoms with E-state index in [9.17, 15) is 4.79 Å². The highest BCUT2D eigenvalue weighted by molar-refractivity contribution is 6.20. The molecule has 0 aliphatic carbocycles. The van der Waals surface area contributed by atoms with Gasteiger partial charge in [-0.05, 0) is 43.4 Å². The maximum Gasteiger partial charge on any atom is 0.251 e. The minimum Gasteiger partial charge on any atom is -0.352 e. The lowest BCUT2D eigenvalue weighted by atomic mass is 10.0. The second-order valence-corrected chi connectivity index (χ2v) is 5.70. The van der Waals surface area contributed by atoms with Crippen LogP contribution in [-0.4, -0.2) is 17.8 Å². The molecular formula is C15H22ClNO. The molecule has 0 heterocycles. The lowest BCUT2D eigenvalue weighted by Gasteiger charge is -2.08. The summed E-state index contributed by atoms with van der Waals surface area (Å²) >= 11 is 5.84. The third kappa shape index (κ3) is 5.09. The molecule has 0 bridgehead atoms.